The average molecular weight is 348 g/mol. The highest BCUT2D eigenvalue weighted by Gasteiger charge is 2.26. The Hall–Kier alpha value is -2.81. The van der Waals surface area contributed by atoms with Crippen molar-refractivity contribution in [2.75, 3.05) is 7.11 Å². The van der Waals surface area contributed by atoms with Crippen LogP contribution in [-0.2, 0) is 7.05 Å². The molecular formula is C15H16N4O4S. The fourth-order valence-corrected chi connectivity index (χ4v) is 2.76. The summed E-state index contributed by atoms with van der Waals surface area (Å²) < 4.78 is 6.45. The molecule has 9 heteroatoms. The Kier molecular flexibility index (Phi) is 4.02. The lowest BCUT2D eigenvalue weighted by Crippen LogP contribution is -2.21. The van der Waals surface area contributed by atoms with Gasteiger partial charge in [0.2, 0.25) is 5.88 Å². The highest BCUT2D eigenvalue weighted by molar-refractivity contribution is 7.71. The number of phenols is 1. The van der Waals surface area contributed by atoms with Gasteiger partial charge in [0.25, 0.3) is 5.56 Å². The van der Waals surface area contributed by atoms with Crippen LogP contribution in [0.4, 0.5) is 0 Å². The number of nitrogens with zero attached hydrogens (tertiary/aromatic N) is 2. The summed E-state index contributed by atoms with van der Waals surface area (Å²) >= 11 is 4.95. The molecule has 1 aromatic heterocycles. The van der Waals surface area contributed by atoms with Crippen LogP contribution in [0.3, 0.4) is 0 Å². The monoisotopic (exact) mass is 348 g/mol. The number of hydrazone groups is 1. The molecule has 4 N–H and O–H groups in total. The van der Waals surface area contributed by atoms with Crippen molar-refractivity contribution in [3.8, 4) is 17.4 Å². The third-order valence-electron chi connectivity index (χ3n) is 3.94. The van der Waals surface area contributed by atoms with Crippen molar-refractivity contribution in [2.24, 2.45) is 12.1 Å². The van der Waals surface area contributed by atoms with E-state index in [4.69, 9.17) is 17.0 Å². The molecular weight excluding hydrogens is 332 g/mol. The summed E-state index contributed by atoms with van der Waals surface area (Å²) in [6.07, 6.45) is 0.374. The van der Waals surface area contributed by atoms with E-state index in [0.717, 1.165) is 5.56 Å². The molecule has 0 saturated carbocycles. The summed E-state index contributed by atoms with van der Waals surface area (Å²) in [5.74, 6) is 0.162. The SMILES string of the molecule is COc1ccc(C2CC(c3c(O)n(C)c(=S)[nH]c3=O)=NN2)cc1O. The first-order chi connectivity index (χ1) is 11.4. The number of aromatic nitrogens is 2. The number of hydrogen-bond acceptors (Lipinski definition) is 7. The first kappa shape index (κ1) is 16.1. The largest absolute Gasteiger partial charge is 0.504 e. The second kappa shape index (κ2) is 6.00. The van der Waals surface area contributed by atoms with Gasteiger partial charge in [0.15, 0.2) is 16.3 Å². The van der Waals surface area contributed by atoms with E-state index in [1.54, 1.807) is 25.2 Å². The third-order valence-corrected chi connectivity index (χ3v) is 4.32. The second-order valence-corrected chi connectivity index (χ2v) is 5.78. The molecule has 3 rings (SSSR count). The third kappa shape index (κ3) is 2.62. The van der Waals surface area contributed by atoms with Gasteiger partial charge in [0, 0.05) is 13.5 Å². The van der Waals surface area contributed by atoms with Crippen LogP contribution in [0.5, 0.6) is 17.4 Å². The normalized spacial score (nSPS) is 16.6. The van der Waals surface area contributed by atoms with Crippen LogP contribution in [0.1, 0.15) is 23.6 Å². The van der Waals surface area contributed by atoms with Crippen LogP contribution in [0, 0.1) is 4.77 Å². The lowest BCUT2D eigenvalue weighted by Gasteiger charge is -2.12. The van der Waals surface area contributed by atoms with Crippen molar-refractivity contribution >= 4 is 17.9 Å². The smallest absolute Gasteiger partial charge is 0.264 e. The number of nitrogens with one attached hydrogen (secondary N) is 2. The maximum absolute atomic E-state index is 12.1. The summed E-state index contributed by atoms with van der Waals surface area (Å²) in [5.41, 5.74) is 3.70. The van der Waals surface area contributed by atoms with Gasteiger partial charge in [-0.25, -0.2) is 0 Å². The zero-order valence-electron chi connectivity index (χ0n) is 13.0. The Balaban J connectivity index is 1.91. The maximum Gasteiger partial charge on any atom is 0.264 e. The number of phenolic OH excluding ortho intramolecular Hbond substituents is 1. The molecule has 0 radical (unpaired) electrons. The number of rotatable bonds is 3. The van der Waals surface area contributed by atoms with Crippen molar-refractivity contribution in [3.05, 3.63) is 44.5 Å². The summed E-state index contributed by atoms with van der Waals surface area (Å²) in [6.45, 7) is 0. The lowest BCUT2D eigenvalue weighted by atomic mass is 9.99. The zero-order chi connectivity index (χ0) is 17.4. The number of benzene rings is 1. The predicted octanol–water partition coefficient (Wildman–Crippen LogP) is 1.30. The van der Waals surface area contributed by atoms with Crippen LogP contribution < -0.4 is 15.7 Å². The Bertz CT molecular complexity index is 947. The Labute approximate surface area is 142 Å². The van der Waals surface area contributed by atoms with Crippen LogP contribution in [0.25, 0.3) is 0 Å². The predicted molar refractivity (Wildman–Crippen MR) is 90.2 cm³/mol. The van der Waals surface area contributed by atoms with Gasteiger partial charge in [-0.2, -0.15) is 5.10 Å². The zero-order valence-corrected chi connectivity index (χ0v) is 13.8. The van der Waals surface area contributed by atoms with Crippen LogP contribution in [-0.4, -0.2) is 32.6 Å². The minimum atomic E-state index is -0.491. The van der Waals surface area contributed by atoms with E-state index in [9.17, 15) is 15.0 Å². The second-order valence-electron chi connectivity index (χ2n) is 5.39. The molecule has 1 aromatic carbocycles. The highest BCUT2D eigenvalue weighted by atomic mass is 32.1. The van der Waals surface area contributed by atoms with E-state index < -0.39 is 5.56 Å². The van der Waals surface area contributed by atoms with Gasteiger partial charge in [-0.3, -0.25) is 14.3 Å². The molecule has 1 aliphatic rings. The van der Waals surface area contributed by atoms with Gasteiger partial charge in [0.1, 0.15) is 5.56 Å². The van der Waals surface area contributed by atoms with Crippen molar-refractivity contribution < 1.29 is 14.9 Å². The summed E-state index contributed by atoms with van der Waals surface area (Å²) in [6, 6.07) is 4.79. The first-order valence-corrected chi connectivity index (χ1v) is 7.54. The highest BCUT2D eigenvalue weighted by Crippen LogP contribution is 2.32. The molecule has 1 aliphatic heterocycles. The molecule has 2 aromatic rings. The van der Waals surface area contributed by atoms with Crippen LogP contribution in [0.15, 0.2) is 28.1 Å². The molecule has 0 aliphatic carbocycles. The van der Waals surface area contributed by atoms with Crippen molar-refractivity contribution in [2.45, 2.75) is 12.5 Å². The molecule has 0 saturated heterocycles. The number of H-pyrrole nitrogens is 1. The molecule has 2 heterocycles. The number of ether oxygens (including phenoxy) is 1. The van der Waals surface area contributed by atoms with E-state index in [1.807, 2.05) is 0 Å². The molecule has 0 spiro atoms. The van der Waals surface area contributed by atoms with Gasteiger partial charge in [0.05, 0.1) is 18.9 Å². The lowest BCUT2D eigenvalue weighted by molar-refractivity contribution is 0.372. The Morgan fingerprint density at radius 2 is 2.17 bits per heavy atom. The first-order valence-electron chi connectivity index (χ1n) is 7.14. The van der Waals surface area contributed by atoms with Gasteiger partial charge in [-0.1, -0.05) is 6.07 Å². The van der Waals surface area contributed by atoms with E-state index in [2.05, 4.69) is 15.5 Å². The molecule has 0 amide bonds. The van der Waals surface area contributed by atoms with Crippen molar-refractivity contribution in [3.63, 3.8) is 0 Å². The van der Waals surface area contributed by atoms with E-state index in [-0.39, 0.29) is 28.0 Å². The van der Waals surface area contributed by atoms with Crippen LogP contribution >= 0.6 is 12.2 Å². The molecule has 1 atom stereocenters. The minimum absolute atomic E-state index is 0.0211. The topological polar surface area (TPSA) is 112 Å². The van der Waals surface area contributed by atoms with E-state index in [1.165, 1.54) is 11.7 Å². The number of aromatic hydroxyl groups is 2. The van der Waals surface area contributed by atoms with Gasteiger partial charge >= 0.3 is 0 Å². The summed E-state index contributed by atoms with van der Waals surface area (Å²) in [4.78, 5) is 14.6. The van der Waals surface area contributed by atoms with Gasteiger partial charge < -0.3 is 20.4 Å². The summed E-state index contributed by atoms with van der Waals surface area (Å²) in [7, 11) is 3.03. The molecule has 0 bridgehead atoms. The molecule has 8 nitrogen and oxygen atoms in total. The average Bonchev–Trinajstić information content (AvgIpc) is 3.02. The van der Waals surface area contributed by atoms with Crippen molar-refractivity contribution in [1.82, 2.24) is 15.0 Å². The fraction of sp³-hybridized carbons (Fsp3) is 0.267. The van der Waals surface area contributed by atoms with E-state index in [0.29, 0.717) is 17.9 Å². The molecule has 0 fully saturated rings. The van der Waals surface area contributed by atoms with Gasteiger partial charge in [-0.15, -0.1) is 0 Å². The quantitative estimate of drug-likeness (QED) is 0.622. The minimum Gasteiger partial charge on any atom is -0.504 e. The van der Waals surface area contributed by atoms with E-state index >= 15 is 0 Å². The van der Waals surface area contributed by atoms with Crippen molar-refractivity contribution in [1.29, 1.82) is 0 Å². The number of methoxy groups -OCH3 is 1. The Morgan fingerprint density at radius 3 is 2.83 bits per heavy atom. The number of hydrogen-bond donors (Lipinski definition) is 4. The van der Waals surface area contributed by atoms with Gasteiger partial charge in [-0.05, 0) is 29.9 Å². The van der Waals surface area contributed by atoms with Crippen LogP contribution in [0.2, 0.25) is 0 Å². The fourth-order valence-electron chi connectivity index (χ4n) is 2.58. The molecule has 1 unspecified atom stereocenters. The number of aromatic amines is 1. The summed E-state index contributed by atoms with van der Waals surface area (Å²) in [5, 5.41) is 24.2. The molecule has 24 heavy (non-hydrogen) atoms. The Morgan fingerprint density at radius 1 is 1.42 bits per heavy atom. The maximum atomic E-state index is 12.1. The molecule has 126 valence electrons. The standard InChI is InChI=1S/C15H16N4O4S/c1-19-14(22)12(13(21)16-15(19)24)9-6-8(17-18-9)7-3-4-11(23-2)10(20)5-7/h3-5,8,17,20,22H,6H2,1-2H3,(H,16,21,24).